The molecule has 0 aliphatic rings. The van der Waals surface area contributed by atoms with Crippen molar-refractivity contribution >= 4 is 17.4 Å². The number of ether oxygens (including phenoxy) is 1. The largest absolute Gasteiger partial charge is 0.443 e. The van der Waals surface area contributed by atoms with Gasteiger partial charge in [-0.3, -0.25) is 5.43 Å². The molecular weight excluding hydrogens is 288 g/mol. The lowest BCUT2D eigenvalue weighted by atomic mass is 10.2. The van der Waals surface area contributed by atoms with Gasteiger partial charge in [-0.15, -0.1) is 11.3 Å². The molecule has 7 heteroatoms. The Bertz CT molecular complexity index is 586. The molecule has 2 heterocycles. The zero-order chi connectivity index (χ0) is 15.5. The number of imidazole rings is 1. The zero-order valence-electron chi connectivity index (χ0n) is 12.6. The monoisotopic (exact) mass is 308 g/mol. The maximum atomic E-state index is 11.8. The van der Waals surface area contributed by atoms with Gasteiger partial charge in [-0.2, -0.15) is 0 Å². The van der Waals surface area contributed by atoms with Crippen LogP contribution < -0.4 is 10.9 Å². The highest BCUT2D eigenvalue weighted by Gasteiger charge is 2.21. The number of aryl methyl sites for hydroxylation is 1. The third kappa shape index (κ3) is 4.30. The molecule has 1 amide bonds. The van der Waals surface area contributed by atoms with Crippen LogP contribution in [-0.4, -0.2) is 21.2 Å². The summed E-state index contributed by atoms with van der Waals surface area (Å²) in [5.41, 5.74) is 5.04. The topological polar surface area (TPSA) is 68.2 Å². The standard InChI is InChI=1S/C14H20N4O2S/c1-14(2,3)20-13(19)17-16-11(10-6-5-9-21-10)12-15-7-8-18(12)4/h5-9,11,16H,1-4H3,(H,17,19). The highest BCUT2D eigenvalue weighted by molar-refractivity contribution is 7.10. The van der Waals surface area contributed by atoms with Gasteiger partial charge in [0.25, 0.3) is 0 Å². The SMILES string of the molecule is Cn1ccnc1C(NNC(=O)OC(C)(C)C)c1cccs1. The van der Waals surface area contributed by atoms with E-state index < -0.39 is 11.7 Å². The van der Waals surface area contributed by atoms with E-state index in [2.05, 4.69) is 15.8 Å². The number of aromatic nitrogens is 2. The smallest absolute Gasteiger partial charge is 0.422 e. The average Bonchev–Trinajstić information content (AvgIpc) is 3.00. The van der Waals surface area contributed by atoms with Gasteiger partial charge in [0.2, 0.25) is 0 Å². The summed E-state index contributed by atoms with van der Waals surface area (Å²) in [4.78, 5) is 17.2. The number of carbonyl (C=O) groups is 1. The second kappa shape index (κ2) is 6.28. The first-order chi connectivity index (χ1) is 9.87. The number of hydrazine groups is 1. The predicted octanol–water partition coefficient (Wildman–Crippen LogP) is 2.60. The molecule has 0 saturated heterocycles. The molecular formula is C14H20N4O2S. The second-order valence-corrected chi connectivity index (χ2v) is 6.60. The third-order valence-corrected chi connectivity index (χ3v) is 3.60. The summed E-state index contributed by atoms with van der Waals surface area (Å²) < 4.78 is 7.13. The van der Waals surface area contributed by atoms with Crippen molar-refractivity contribution in [3.63, 3.8) is 0 Å². The molecule has 21 heavy (non-hydrogen) atoms. The molecule has 0 bridgehead atoms. The Hall–Kier alpha value is -1.86. The molecule has 114 valence electrons. The van der Waals surface area contributed by atoms with Crippen molar-refractivity contribution in [3.8, 4) is 0 Å². The van der Waals surface area contributed by atoms with Crippen molar-refractivity contribution in [1.29, 1.82) is 0 Å². The highest BCUT2D eigenvalue weighted by atomic mass is 32.1. The number of nitrogens with zero attached hydrogens (tertiary/aromatic N) is 2. The molecule has 0 radical (unpaired) electrons. The van der Waals surface area contributed by atoms with Crippen LogP contribution in [0.1, 0.15) is 37.5 Å². The van der Waals surface area contributed by atoms with Gasteiger partial charge >= 0.3 is 6.09 Å². The number of hydrogen-bond acceptors (Lipinski definition) is 5. The molecule has 2 N–H and O–H groups in total. The van der Waals surface area contributed by atoms with E-state index in [1.165, 1.54) is 0 Å². The van der Waals surface area contributed by atoms with Gasteiger partial charge in [0.05, 0.1) is 0 Å². The summed E-state index contributed by atoms with van der Waals surface area (Å²) in [5.74, 6) is 0.813. The number of thiophene rings is 1. The zero-order valence-corrected chi connectivity index (χ0v) is 13.4. The summed E-state index contributed by atoms with van der Waals surface area (Å²) >= 11 is 1.59. The van der Waals surface area contributed by atoms with E-state index in [0.717, 1.165) is 10.7 Å². The Morgan fingerprint density at radius 2 is 2.24 bits per heavy atom. The summed E-state index contributed by atoms with van der Waals surface area (Å²) in [7, 11) is 1.91. The normalized spacial score (nSPS) is 13.0. The number of hydrogen-bond donors (Lipinski definition) is 2. The van der Waals surface area contributed by atoms with Crippen LogP contribution in [0.5, 0.6) is 0 Å². The molecule has 1 atom stereocenters. The van der Waals surface area contributed by atoms with Crippen molar-refractivity contribution in [3.05, 3.63) is 40.6 Å². The molecule has 0 spiro atoms. The maximum Gasteiger partial charge on any atom is 0.422 e. The van der Waals surface area contributed by atoms with E-state index in [1.54, 1.807) is 17.5 Å². The Morgan fingerprint density at radius 3 is 2.76 bits per heavy atom. The van der Waals surface area contributed by atoms with E-state index in [0.29, 0.717) is 0 Å². The third-order valence-electron chi connectivity index (χ3n) is 2.66. The van der Waals surface area contributed by atoms with Gasteiger partial charge in [0, 0.05) is 24.3 Å². The summed E-state index contributed by atoms with van der Waals surface area (Å²) in [5, 5.41) is 1.99. The Balaban J connectivity index is 2.08. The minimum Gasteiger partial charge on any atom is -0.443 e. The van der Waals surface area contributed by atoms with E-state index in [1.807, 2.05) is 56.1 Å². The average molecular weight is 308 g/mol. The predicted molar refractivity (Wildman–Crippen MR) is 81.9 cm³/mol. The van der Waals surface area contributed by atoms with Crippen LogP contribution in [0.25, 0.3) is 0 Å². The molecule has 6 nitrogen and oxygen atoms in total. The first-order valence-corrected chi connectivity index (χ1v) is 7.50. The van der Waals surface area contributed by atoms with E-state index in [4.69, 9.17) is 4.74 Å². The number of amides is 1. The van der Waals surface area contributed by atoms with Gasteiger partial charge in [0.1, 0.15) is 17.5 Å². The van der Waals surface area contributed by atoms with E-state index in [-0.39, 0.29) is 6.04 Å². The maximum absolute atomic E-state index is 11.8. The first kappa shape index (κ1) is 15.5. The first-order valence-electron chi connectivity index (χ1n) is 6.62. The molecule has 2 aromatic rings. The van der Waals surface area contributed by atoms with Gasteiger partial charge in [0.15, 0.2) is 0 Å². The molecule has 0 fully saturated rings. The van der Waals surface area contributed by atoms with Crippen LogP contribution in [0.15, 0.2) is 29.9 Å². The summed E-state index contributed by atoms with van der Waals surface area (Å²) in [6.07, 6.45) is 3.08. The Labute approximate surface area is 128 Å². The van der Waals surface area contributed by atoms with Crippen LogP contribution >= 0.6 is 11.3 Å². The van der Waals surface area contributed by atoms with Gasteiger partial charge in [-0.25, -0.2) is 15.2 Å². The summed E-state index contributed by atoms with van der Waals surface area (Å²) in [6, 6.07) is 3.73. The molecule has 2 aromatic heterocycles. The fraction of sp³-hybridized carbons (Fsp3) is 0.429. The second-order valence-electron chi connectivity index (χ2n) is 5.62. The minimum atomic E-state index is -0.534. The highest BCUT2D eigenvalue weighted by Crippen LogP contribution is 2.24. The number of rotatable bonds is 4. The quantitative estimate of drug-likeness (QED) is 0.852. The molecule has 1 unspecified atom stereocenters. The van der Waals surface area contributed by atoms with Crippen LogP contribution in [0, 0.1) is 0 Å². The Kier molecular flexibility index (Phi) is 4.64. The molecule has 0 aliphatic carbocycles. The van der Waals surface area contributed by atoms with E-state index >= 15 is 0 Å². The molecule has 0 saturated carbocycles. The minimum absolute atomic E-state index is 0.225. The fourth-order valence-electron chi connectivity index (χ4n) is 1.81. The van der Waals surface area contributed by atoms with Crippen LogP contribution in [0.2, 0.25) is 0 Å². The summed E-state index contributed by atoms with van der Waals surface area (Å²) in [6.45, 7) is 5.46. The lowest BCUT2D eigenvalue weighted by Crippen LogP contribution is -2.43. The lowest BCUT2D eigenvalue weighted by molar-refractivity contribution is 0.0491. The molecule has 0 aliphatic heterocycles. The fourth-order valence-corrected chi connectivity index (χ4v) is 2.58. The van der Waals surface area contributed by atoms with Crippen molar-refractivity contribution in [2.75, 3.05) is 0 Å². The number of carbonyl (C=O) groups excluding carboxylic acids is 1. The van der Waals surface area contributed by atoms with Crippen molar-refractivity contribution in [2.45, 2.75) is 32.4 Å². The van der Waals surface area contributed by atoms with Gasteiger partial charge in [-0.1, -0.05) is 6.07 Å². The lowest BCUT2D eigenvalue weighted by Gasteiger charge is -2.22. The van der Waals surface area contributed by atoms with Crippen molar-refractivity contribution in [2.24, 2.45) is 7.05 Å². The molecule has 0 aromatic carbocycles. The van der Waals surface area contributed by atoms with Crippen LogP contribution in [0.3, 0.4) is 0 Å². The van der Waals surface area contributed by atoms with Crippen molar-refractivity contribution < 1.29 is 9.53 Å². The van der Waals surface area contributed by atoms with Crippen LogP contribution in [-0.2, 0) is 11.8 Å². The molecule has 2 rings (SSSR count). The Morgan fingerprint density at radius 1 is 1.48 bits per heavy atom. The van der Waals surface area contributed by atoms with Crippen LogP contribution in [0.4, 0.5) is 4.79 Å². The van der Waals surface area contributed by atoms with Gasteiger partial charge < -0.3 is 9.30 Å². The number of nitrogens with one attached hydrogen (secondary N) is 2. The van der Waals surface area contributed by atoms with Gasteiger partial charge in [-0.05, 0) is 32.2 Å². The van der Waals surface area contributed by atoms with Crippen molar-refractivity contribution in [1.82, 2.24) is 20.4 Å². The van der Waals surface area contributed by atoms with E-state index in [9.17, 15) is 4.79 Å².